The summed E-state index contributed by atoms with van der Waals surface area (Å²) in [5, 5.41) is 3.99. The van der Waals surface area contributed by atoms with Crippen molar-refractivity contribution in [3.05, 3.63) is 11.9 Å². The van der Waals surface area contributed by atoms with Gasteiger partial charge in [0.25, 0.3) is 0 Å². The highest BCUT2D eigenvalue weighted by Gasteiger charge is 2.18. The van der Waals surface area contributed by atoms with E-state index < -0.39 is 0 Å². The average molecular weight is 196 g/mol. The second-order valence-electron chi connectivity index (χ2n) is 3.71. The van der Waals surface area contributed by atoms with Gasteiger partial charge in [-0.25, -0.2) is 0 Å². The van der Waals surface area contributed by atoms with E-state index >= 15 is 0 Å². The molecule has 4 nitrogen and oxygen atoms in total. The van der Waals surface area contributed by atoms with Gasteiger partial charge in [0.2, 0.25) is 0 Å². The Morgan fingerprint density at radius 2 is 2.29 bits per heavy atom. The van der Waals surface area contributed by atoms with Crippen LogP contribution in [-0.2, 0) is 7.05 Å². The van der Waals surface area contributed by atoms with Crippen LogP contribution < -0.4 is 4.74 Å². The highest BCUT2D eigenvalue weighted by molar-refractivity contribution is 5.97. The molecule has 0 fully saturated rings. The fourth-order valence-corrected chi connectivity index (χ4v) is 1.35. The van der Waals surface area contributed by atoms with Crippen LogP contribution in [-0.4, -0.2) is 22.7 Å². The molecule has 0 saturated carbocycles. The van der Waals surface area contributed by atoms with Gasteiger partial charge < -0.3 is 4.74 Å². The molecule has 0 saturated heterocycles. The molecule has 0 amide bonds. The topological polar surface area (TPSA) is 44.1 Å². The molecule has 0 aromatic carbocycles. The Balaban J connectivity index is 2.93. The third kappa shape index (κ3) is 2.13. The molecule has 0 bridgehead atoms. The summed E-state index contributed by atoms with van der Waals surface area (Å²) in [6, 6.07) is 0. The number of carbonyl (C=O) groups is 1. The second kappa shape index (κ2) is 4.26. The van der Waals surface area contributed by atoms with Crippen molar-refractivity contribution in [2.75, 3.05) is 7.11 Å². The van der Waals surface area contributed by atoms with E-state index in [0.717, 1.165) is 0 Å². The van der Waals surface area contributed by atoms with Crippen LogP contribution in [0.2, 0.25) is 0 Å². The molecule has 1 aromatic heterocycles. The largest absolute Gasteiger partial charge is 0.493 e. The summed E-state index contributed by atoms with van der Waals surface area (Å²) in [5.41, 5.74) is 0.557. The monoisotopic (exact) mass is 196 g/mol. The number of hydrogen-bond acceptors (Lipinski definition) is 3. The van der Waals surface area contributed by atoms with Crippen LogP contribution in [0.15, 0.2) is 6.20 Å². The van der Waals surface area contributed by atoms with Gasteiger partial charge in [0, 0.05) is 13.5 Å². The highest BCUT2D eigenvalue weighted by Crippen LogP contribution is 2.19. The van der Waals surface area contributed by atoms with Crippen LogP contribution in [0.3, 0.4) is 0 Å². The fraction of sp³-hybridized carbons (Fsp3) is 0.600. The molecule has 78 valence electrons. The molecule has 0 aliphatic heterocycles. The van der Waals surface area contributed by atoms with E-state index in [1.54, 1.807) is 25.0 Å². The minimum Gasteiger partial charge on any atom is -0.493 e. The lowest BCUT2D eigenvalue weighted by atomic mass is 10.1. The van der Waals surface area contributed by atoms with Crippen molar-refractivity contribution in [3.63, 3.8) is 0 Å². The Morgan fingerprint density at radius 3 is 2.79 bits per heavy atom. The summed E-state index contributed by atoms with van der Waals surface area (Å²) in [5.74, 6) is 0.983. The SMILES string of the molecule is COc1cnn(C)c1C(=O)CC(C)C. The Hall–Kier alpha value is -1.32. The van der Waals surface area contributed by atoms with Crippen molar-refractivity contribution in [1.82, 2.24) is 9.78 Å². The molecule has 14 heavy (non-hydrogen) atoms. The summed E-state index contributed by atoms with van der Waals surface area (Å²) < 4.78 is 6.62. The van der Waals surface area contributed by atoms with Gasteiger partial charge in [-0.05, 0) is 5.92 Å². The van der Waals surface area contributed by atoms with Gasteiger partial charge in [-0.3, -0.25) is 9.48 Å². The number of carbonyl (C=O) groups excluding carboxylic acids is 1. The summed E-state index contributed by atoms with van der Waals surface area (Å²) in [6.45, 7) is 4.03. The summed E-state index contributed by atoms with van der Waals surface area (Å²) in [7, 11) is 3.29. The van der Waals surface area contributed by atoms with Gasteiger partial charge in [-0.2, -0.15) is 5.10 Å². The average Bonchev–Trinajstić information content (AvgIpc) is 2.45. The van der Waals surface area contributed by atoms with E-state index in [1.807, 2.05) is 13.8 Å². The third-order valence-corrected chi connectivity index (χ3v) is 1.98. The zero-order valence-corrected chi connectivity index (χ0v) is 9.07. The molecule has 0 atom stereocenters. The van der Waals surface area contributed by atoms with Crippen LogP contribution in [0.25, 0.3) is 0 Å². The molecule has 0 aliphatic carbocycles. The van der Waals surface area contributed by atoms with Gasteiger partial charge in [-0.15, -0.1) is 0 Å². The number of rotatable bonds is 4. The van der Waals surface area contributed by atoms with Crippen LogP contribution in [0.1, 0.15) is 30.8 Å². The Labute approximate surface area is 83.9 Å². The molecule has 0 aliphatic rings. The number of nitrogens with zero attached hydrogens (tertiary/aromatic N) is 2. The van der Waals surface area contributed by atoms with Crippen molar-refractivity contribution < 1.29 is 9.53 Å². The Morgan fingerprint density at radius 1 is 1.64 bits per heavy atom. The van der Waals surface area contributed by atoms with Gasteiger partial charge >= 0.3 is 0 Å². The lowest BCUT2D eigenvalue weighted by molar-refractivity contribution is 0.0955. The molecular formula is C10H16N2O2. The van der Waals surface area contributed by atoms with E-state index in [2.05, 4.69) is 5.10 Å². The summed E-state index contributed by atoms with van der Waals surface area (Å²) in [6.07, 6.45) is 2.09. The molecule has 4 heteroatoms. The normalized spacial score (nSPS) is 10.6. The maximum atomic E-state index is 11.8. The highest BCUT2D eigenvalue weighted by atomic mass is 16.5. The zero-order valence-electron chi connectivity index (χ0n) is 9.07. The number of hydrogen-bond donors (Lipinski definition) is 0. The number of aryl methyl sites for hydroxylation is 1. The predicted octanol–water partition coefficient (Wildman–Crippen LogP) is 1.66. The first-order valence-electron chi connectivity index (χ1n) is 4.65. The smallest absolute Gasteiger partial charge is 0.184 e. The first-order chi connectivity index (χ1) is 6.56. The first kappa shape index (κ1) is 10.8. The van der Waals surface area contributed by atoms with E-state index in [4.69, 9.17) is 4.74 Å². The predicted molar refractivity (Wildman–Crippen MR) is 53.5 cm³/mol. The van der Waals surface area contributed by atoms with Crippen LogP contribution in [0.5, 0.6) is 5.75 Å². The van der Waals surface area contributed by atoms with E-state index in [1.165, 1.54) is 0 Å². The number of ketones is 1. The van der Waals surface area contributed by atoms with Gasteiger partial charge in [0.1, 0.15) is 5.69 Å². The molecule has 1 rings (SSSR count). The maximum absolute atomic E-state index is 11.8. The van der Waals surface area contributed by atoms with Crippen LogP contribution in [0.4, 0.5) is 0 Å². The van der Waals surface area contributed by atoms with Crippen molar-refractivity contribution >= 4 is 5.78 Å². The van der Waals surface area contributed by atoms with Crippen molar-refractivity contribution in [2.45, 2.75) is 20.3 Å². The number of ether oxygens (including phenoxy) is 1. The zero-order chi connectivity index (χ0) is 10.7. The van der Waals surface area contributed by atoms with Gasteiger partial charge in [0.15, 0.2) is 11.5 Å². The van der Waals surface area contributed by atoms with E-state index in [-0.39, 0.29) is 5.78 Å². The number of aromatic nitrogens is 2. The van der Waals surface area contributed by atoms with E-state index in [9.17, 15) is 4.79 Å². The fourth-order valence-electron chi connectivity index (χ4n) is 1.35. The Kier molecular flexibility index (Phi) is 3.28. The first-order valence-corrected chi connectivity index (χ1v) is 4.65. The molecule has 0 unspecified atom stereocenters. The van der Waals surface area contributed by atoms with Gasteiger partial charge in [0.05, 0.1) is 13.3 Å². The Bertz CT molecular complexity index is 329. The second-order valence-corrected chi connectivity index (χ2v) is 3.71. The minimum atomic E-state index is 0.0804. The number of Topliss-reactive ketones (excluding diaryl/α,β-unsaturated/α-hetero) is 1. The molecule has 0 spiro atoms. The lowest BCUT2D eigenvalue weighted by Gasteiger charge is -2.06. The molecule has 0 N–H and O–H groups in total. The quantitative estimate of drug-likeness (QED) is 0.688. The number of methoxy groups -OCH3 is 1. The molecule has 1 aromatic rings. The summed E-state index contributed by atoms with van der Waals surface area (Å²) in [4.78, 5) is 11.8. The van der Waals surface area contributed by atoms with Crippen molar-refractivity contribution in [1.29, 1.82) is 0 Å². The van der Waals surface area contributed by atoms with Crippen molar-refractivity contribution in [2.24, 2.45) is 13.0 Å². The summed E-state index contributed by atoms with van der Waals surface area (Å²) >= 11 is 0. The van der Waals surface area contributed by atoms with Crippen LogP contribution >= 0.6 is 0 Å². The maximum Gasteiger partial charge on any atom is 0.184 e. The third-order valence-electron chi connectivity index (χ3n) is 1.98. The van der Waals surface area contributed by atoms with Crippen LogP contribution in [0, 0.1) is 5.92 Å². The molecular weight excluding hydrogens is 180 g/mol. The lowest BCUT2D eigenvalue weighted by Crippen LogP contribution is -2.10. The standard InChI is InChI=1S/C10H16N2O2/c1-7(2)5-8(13)10-9(14-4)6-11-12(10)3/h6-7H,5H2,1-4H3. The minimum absolute atomic E-state index is 0.0804. The van der Waals surface area contributed by atoms with E-state index in [0.29, 0.717) is 23.8 Å². The van der Waals surface area contributed by atoms with Gasteiger partial charge in [-0.1, -0.05) is 13.8 Å². The van der Waals surface area contributed by atoms with Crippen molar-refractivity contribution in [3.8, 4) is 5.75 Å². The molecule has 0 radical (unpaired) electrons. The molecule has 1 heterocycles.